The minimum Gasteiger partial charge on any atom is -0.481 e. The Balaban J connectivity index is 1.84. The van der Waals surface area contributed by atoms with Gasteiger partial charge in [-0.05, 0) is 5.56 Å². The summed E-state index contributed by atoms with van der Waals surface area (Å²) in [6.45, 7) is 0.454. The van der Waals surface area contributed by atoms with Gasteiger partial charge in [-0.15, -0.1) is 0 Å². The van der Waals surface area contributed by atoms with E-state index in [1.165, 1.54) is 6.33 Å². The number of aliphatic carboxylic acids is 1. The van der Waals surface area contributed by atoms with Crippen LogP contribution in [0.3, 0.4) is 0 Å². The van der Waals surface area contributed by atoms with Crippen LogP contribution in [0.5, 0.6) is 0 Å². The van der Waals surface area contributed by atoms with Crippen LogP contribution >= 0.6 is 0 Å². The van der Waals surface area contributed by atoms with E-state index in [0.717, 1.165) is 11.1 Å². The number of nitrogens with zero attached hydrogens (tertiary/aromatic N) is 5. The van der Waals surface area contributed by atoms with E-state index in [1.807, 2.05) is 35.3 Å². The van der Waals surface area contributed by atoms with Crippen molar-refractivity contribution in [2.24, 2.45) is 0 Å². The van der Waals surface area contributed by atoms with Gasteiger partial charge in [-0.3, -0.25) is 4.79 Å². The molecule has 0 aliphatic rings. The maximum atomic E-state index is 10.5. The van der Waals surface area contributed by atoms with Gasteiger partial charge in [0.15, 0.2) is 18.9 Å². The van der Waals surface area contributed by atoms with Crippen LogP contribution in [0.1, 0.15) is 6.42 Å². The molecule has 20 heavy (non-hydrogen) atoms. The normalized spacial score (nSPS) is 10.8. The fraction of sp³-hybridized carbons (Fsp3) is 0.154. The SMILES string of the molecule is O=C(O)CC[n+]1ccc(-c2cnc3ncnn3c2)cc1. The topological polar surface area (TPSA) is 84.3 Å². The van der Waals surface area contributed by atoms with E-state index in [-0.39, 0.29) is 6.42 Å². The van der Waals surface area contributed by atoms with Crippen molar-refractivity contribution in [2.45, 2.75) is 13.0 Å². The van der Waals surface area contributed by atoms with E-state index in [9.17, 15) is 4.79 Å². The summed E-state index contributed by atoms with van der Waals surface area (Å²) in [5.41, 5.74) is 1.91. The second kappa shape index (κ2) is 5.04. The second-order valence-electron chi connectivity index (χ2n) is 4.32. The number of aromatic nitrogens is 5. The van der Waals surface area contributed by atoms with Crippen LogP contribution in [0.25, 0.3) is 16.9 Å². The molecule has 3 aromatic heterocycles. The lowest BCUT2D eigenvalue weighted by Gasteiger charge is -2.01. The smallest absolute Gasteiger partial charge is 0.309 e. The Morgan fingerprint density at radius 2 is 2.05 bits per heavy atom. The Labute approximate surface area is 114 Å². The lowest BCUT2D eigenvalue weighted by atomic mass is 10.1. The molecule has 0 saturated carbocycles. The van der Waals surface area contributed by atoms with Gasteiger partial charge in [0.25, 0.3) is 5.78 Å². The maximum Gasteiger partial charge on any atom is 0.309 e. The molecule has 0 bridgehead atoms. The van der Waals surface area contributed by atoms with Crippen LogP contribution in [0, 0.1) is 0 Å². The molecule has 7 nitrogen and oxygen atoms in total. The summed E-state index contributed by atoms with van der Waals surface area (Å²) in [5.74, 6) is -0.247. The molecule has 0 aromatic carbocycles. The average molecular weight is 270 g/mol. The van der Waals surface area contributed by atoms with Crippen molar-refractivity contribution in [3.63, 3.8) is 0 Å². The Kier molecular flexibility index (Phi) is 3.08. The van der Waals surface area contributed by atoms with Gasteiger partial charge in [-0.25, -0.2) is 14.1 Å². The highest BCUT2D eigenvalue weighted by atomic mass is 16.4. The van der Waals surface area contributed by atoms with Gasteiger partial charge in [0.1, 0.15) is 12.7 Å². The number of carboxylic acids is 1. The van der Waals surface area contributed by atoms with Crippen molar-refractivity contribution in [2.75, 3.05) is 0 Å². The Hall–Kier alpha value is -2.83. The van der Waals surface area contributed by atoms with Gasteiger partial charge < -0.3 is 5.11 Å². The first-order valence-electron chi connectivity index (χ1n) is 6.09. The molecule has 7 heteroatoms. The molecule has 3 heterocycles. The maximum absolute atomic E-state index is 10.5. The Morgan fingerprint density at radius 3 is 2.80 bits per heavy atom. The third-order valence-electron chi connectivity index (χ3n) is 2.94. The van der Waals surface area contributed by atoms with E-state index in [2.05, 4.69) is 15.1 Å². The van der Waals surface area contributed by atoms with Crippen LogP contribution in [-0.2, 0) is 11.3 Å². The number of carboxylic acid groups (broad SMARTS) is 1. The van der Waals surface area contributed by atoms with E-state index in [4.69, 9.17) is 5.11 Å². The van der Waals surface area contributed by atoms with Crippen molar-refractivity contribution in [3.8, 4) is 11.1 Å². The number of fused-ring (bicyclic) bond motifs is 1. The molecule has 3 rings (SSSR count). The first-order valence-corrected chi connectivity index (χ1v) is 6.09. The number of rotatable bonds is 4. The molecule has 0 atom stereocenters. The highest BCUT2D eigenvalue weighted by Gasteiger charge is 2.07. The van der Waals surface area contributed by atoms with Crippen molar-refractivity contribution in [1.29, 1.82) is 0 Å². The monoisotopic (exact) mass is 270 g/mol. The molecule has 0 amide bonds. The lowest BCUT2D eigenvalue weighted by molar-refractivity contribution is -0.695. The lowest BCUT2D eigenvalue weighted by Crippen LogP contribution is -2.33. The van der Waals surface area contributed by atoms with Gasteiger partial charge in [0.2, 0.25) is 0 Å². The minimum atomic E-state index is -0.803. The van der Waals surface area contributed by atoms with E-state index in [0.29, 0.717) is 12.3 Å². The largest absolute Gasteiger partial charge is 0.481 e. The number of pyridine rings is 1. The third kappa shape index (κ3) is 2.46. The molecule has 0 unspecified atom stereocenters. The average Bonchev–Trinajstić information content (AvgIpc) is 2.93. The van der Waals surface area contributed by atoms with Crippen LogP contribution in [0.4, 0.5) is 0 Å². The molecule has 0 aliphatic carbocycles. The minimum absolute atomic E-state index is 0.108. The molecule has 0 fully saturated rings. The van der Waals surface area contributed by atoms with Crippen molar-refractivity contribution < 1.29 is 14.5 Å². The van der Waals surface area contributed by atoms with Gasteiger partial charge in [-0.1, -0.05) is 0 Å². The molecule has 0 spiro atoms. The first kappa shape index (κ1) is 12.2. The second-order valence-corrected chi connectivity index (χ2v) is 4.32. The Morgan fingerprint density at radius 1 is 1.25 bits per heavy atom. The van der Waals surface area contributed by atoms with Crippen LogP contribution < -0.4 is 4.57 Å². The van der Waals surface area contributed by atoms with Crippen molar-refractivity contribution in [1.82, 2.24) is 19.6 Å². The summed E-state index contributed by atoms with van der Waals surface area (Å²) in [6, 6.07) is 3.84. The summed E-state index contributed by atoms with van der Waals surface area (Å²) in [4.78, 5) is 18.7. The van der Waals surface area contributed by atoms with Gasteiger partial charge in [0, 0.05) is 30.1 Å². The van der Waals surface area contributed by atoms with Gasteiger partial charge >= 0.3 is 5.97 Å². The molecular formula is C13H12N5O2+. The van der Waals surface area contributed by atoms with E-state index in [1.54, 1.807) is 10.7 Å². The highest BCUT2D eigenvalue weighted by Crippen LogP contribution is 2.16. The summed E-state index contributed by atoms with van der Waals surface area (Å²) < 4.78 is 3.44. The van der Waals surface area contributed by atoms with Crippen LogP contribution in [0.15, 0.2) is 43.2 Å². The Bertz CT molecular complexity index is 751. The molecule has 100 valence electrons. The zero-order valence-corrected chi connectivity index (χ0v) is 10.5. The molecule has 1 N–H and O–H groups in total. The van der Waals surface area contributed by atoms with E-state index >= 15 is 0 Å². The predicted molar refractivity (Wildman–Crippen MR) is 68.7 cm³/mol. The zero-order valence-electron chi connectivity index (χ0n) is 10.5. The molecule has 3 aromatic rings. The summed E-state index contributed by atoms with van der Waals surface area (Å²) in [7, 11) is 0. The summed E-state index contributed by atoms with van der Waals surface area (Å²) >= 11 is 0. The molecule has 0 aliphatic heterocycles. The van der Waals surface area contributed by atoms with Crippen molar-refractivity contribution >= 4 is 11.7 Å². The molecule has 0 saturated heterocycles. The van der Waals surface area contributed by atoms with E-state index < -0.39 is 5.97 Å². The summed E-state index contributed by atoms with van der Waals surface area (Å²) in [5, 5.41) is 12.7. The quantitative estimate of drug-likeness (QED) is 0.700. The number of hydrogen-bond acceptors (Lipinski definition) is 4. The van der Waals surface area contributed by atoms with Crippen molar-refractivity contribution in [3.05, 3.63) is 43.2 Å². The van der Waals surface area contributed by atoms with Crippen LogP contribution in [0.2, 0.25) is 0 Å². The number of carbonyl (C=O) groups is 1. The highest BCUT2D eigenvalue weighted by molar-refractivity contribution is 5.66. The fourth-order valence-corrected chi connectivity index (χ4v) is 1.89. The van der Waals surface area contributed by atoms with Crippen LogP contribution in [-0.4, -0.2) is 30.7 Å². The molecular weight excluding hydrogens is 258 g/mol. The first-order chi connectivity index (χ1) is 9.72. The van der Waals surface area contributed by atoms with Gasteiger partial charge in [-0.2, -0.15) is 10.1 Å². The van der Waals surface area contributed by atoms with Gasteiger partial charge in [0.05, 0.1) is 0 Å². The summed E-state index contributed by atoms with van der Waals surface area (Å²) in [6.07, 6.45) is 8.86. The fourth-order valence-electron chi connectivity index (χ4n) is 1.89. The number of hydrogen-bond donors (Lipinski definition) is 1. The zero-order chi connectivity index (χ0) is 13.9. The predicted octanol–water partition coefficient (Wildman–Crippen LogP) is 0.553. The third-order valence-corrected chi connectivity index (χ3v) is 2.94. The standard InChI is InChI=1S/C13H11N5O2/c19-12(20)3-6-17-4-1-10(2-5-17)11-7-14-13-15-9-16-18(13)8-11/h1-2,4-5,7-9H,3,6H2/p+1. The molecule has 0 radical (unpaired) electrons. The number of aryl methyl sites for hydroxylation is 1.